The molecule has 2 saturated heterocycles. The van der Waals surface area contributed by atoms with Crippen LogP contribution in [0.15, 0.2) is 54.6 Å². The predicted octanol–water partition coefficient (Wildman–Crippen LogP) is 2.03. The summed E-state index contributed by atoms with van der Waals surface area (Å²) in [6, 6.07) is 17.6. The number of carbonyl (C=O) groups excluding carboxylic acids is 2. The number of hydrogen-bond acceptors (Lipinski definition) is 4. The first-order valence-electron chi connectivity index (χ1n) is 10.2. The lowest BCUT2D eigenvalue weighted by Gasteiger charge is -2.48. The molecule has 0 bridgehead atoms. The summed E-state index contributed by atoms with van der Waals surface area (Å²) >= 11 is 0. The molecule has 0 N–H and O–H groups in total. The van der Waals surface area contributed by atoms with Crippen LogP contribution in [0.3, 0.4) is 0 Å². The summed E-state index contributed by atoms with van der Waals surface area (Å²) in [4.78, 5) is 33.5. The molecule has 2 aromatic carbocycles. The second-order valence-electron chi connectivity index (χ2n) is 8.00. The van der Waals surface area contributed by atoms with E-state index in [1.54, 1.807) is 0 Å². The van der Waals surface area contributed by atoms with Crippen LogP contribution in [0.4, 0.5) is 5.69 Å². The summed E-state index contributed by atoms with van der Waals surface area (Å²) < 4.78 is 0. The molecule has 2 fully saturated rings. The monoisotopic (exact) mass is 392 g/mol. The van der Waals surface area contributed by atoms with Crippen molar-refractivity contribution < 1.29 is 9.59 Å². The first-order chi connectivity index (χ1) is 14.0. The van der Waals surface area contributed by atoms with Gasteiger partial charge in [-0.15, -0.1) is 0 Å². The van der Waals surface area contributed by atoms with Crippen LogP contribution in [0, 0.1) is 0 Å². The first-order valence-corrected chi connectivity index (χ1v) is 10.2. The van der Waals surface area contributed by atoms with Crippen molar-refractivity contribution in [2.24, 2.45) is 0 Å². The molecule has 0 unspecified atom stereocenters. The zero-order chi connectivity index (χ0) is 20.4. The highest BCUT2D eigenvalue weighted by Gasteiger charge is 2.36. The van der Waals surface area contributed by atoms with E-state index in [1.165, 1.54) is 0 Å². The van der Waals surface area contributed by atoms with Crippen LogP contribution in [0.2, 0.25) is 0 Å². The van der Waals surface area contributed by atoms with E-state index < -0.39 is 0 Å². The Hall–Kier alpha value is -2.86. The molecule has 0 radical (unpaired) electrons. The molecule has 2 aromatic rings. The van der Waals surface area contributed by atoms with E-state index in [0.717, 1.165) is 56.1 Å². The summed E-state index contributed by atoms with van der Waals surface area (Å²) in [5, 5.41) is 0. The quantitative estimate of drug-likeness (QED) is 0.799. The van der Waals surface area contributed by atoms with Gasteiger partial charge in [0.05, 0.1) is 0 Å². The highest BCUT2D eigenvalue weighted by Crippen LogP contribution is 2.21. The van der Waals surface area contributed by atoms with E-state index in [2.05, 4.69) is 4.90 Å². The third-order valence-electron chi connectivity index (χ3n) is 5.92. The third kappa shape index (κ3) is 4.12. The van der Waals surface area contributed by atoms with E-state index in [-0.39, 0.29) is 11.8 Å². The van der Waals surface area contributed by atoms with E-state index in [9.17, 15) is 9.59 Å². The number of hydrogen-bond donors (Lipinski definition) is 0. The second-order valence-corrected chi connectivity index (χ2v) is 8.00. The van der Waals surface area contributed by atoms with Crippen molar-refractivity contribution in [1.29, 1.82) is 0 Å². The Morgan fingerprint density at radius 2 is 1.31 bits per heavy atom. The summed E-state index contributed by atoms with van der Waals surface area (Å²) in [5.41, 5.74) is 2.58. The van der Waals surface area contributed by atoms with Gasteiger partial charge in [0.25, 0.3) is 11.8 Å². The van der Waals surface area contributed by atoms with Gasteiger partial charge in [0.1, 0.15) is 0 Å². The van der Waals surface area contributed by atoms with Gasteiger partial charge in [0.15, 0.2) is 0 Å². The fraction of sp³-hybridized carbons (Fsp3) is 0.391. The Labute approximate surface area is 172 Å². The summed E-state index contributed by atoms with van der Waals surface area (Å²) in [7, 11) is 3.98. The lowest BCUT2D eigenvalue weighted by Crippen LogP contribution is -2.64. The summed E-state index contributed by atoms with van der Waals surface area (Å²) in [6.45, 7) is 4.74. The van der Waals surface area contributed by atoms with Crippen molar-refractivity contribution in [1.82, 2.24) is 14.7 Å². The summed E-state index contributed by atoms with van der Waals surface area (Å²) in [5.74, 6) is 0.210. The Morgan fingerprint density at radius 3 is 1.90 bits per heavy atom. The maximum Gasteiger partial charge on any atom is 0.253 e. The molecule has 2 aliphatic heterocycles. The average molecular weight is 393 g/mol. The molecule has 0 aliphatic carbocycles. The highest BCUT2D eigenvalue weighted by atomic mass is 16.2. The smallest absolute Gasteiger partial charge is 0.253 e. The first kappa shape index (κ1) is 19.5. The van der Waals surface area contributed by atoms with E-state index in [1.807, 2.05) is 83.4 Å². The second kappa shape index (κ2) is 8.25. The molecule has 0 saturated carbocycles. The van der Waals surface area contributed by atoms with Crippen molar-refractivity contribution in [3.63, 3.8) is 0 Å². The van der Waals surface area contributed by atoms with Crippen LogP contribution in [0.5, 0.6) is 0 Å². The number of amides is 2. The van der Waals surface area contributed by atoms with Gasteiger partial charge in [-0.25, -0.2) is 0 Å². The number of benzene rings is 2. The third-order valence-corrected chi connectivity index (χ3v) is 5.92. The van der Waals surface area contributed by atoms with Gasteiger partial charge in [0, 0.05) is 76.2 Å². The largest absolute Gasteiger partial charge is 0.378 e. The molecule has 2 aliphatic rings. The minimum atomic E-state index is 0.101. The number of nitrogens with zero attached hydrogens (tertiary/aromatic N) is 4. The van der Waals surface area contributed by atoms with E-state index >= 15 is 0 Å². The highest BCUT2D eigenvalue weighted by molar-refractivity contribution is 5.95. The minimum absolute atomic E-state index is 0.101. The van der Waals surface area contributed by atoms with E-state index in [4.69, 9.17) is 0 Å². The lowest BCUT2D eigenvalue weighted by atomic mass is 10.0. The Kier molecular flexibility index (Phi) is 5.53. The Balaban J connectivity index is 1.25. The van der Waals surface area contributed by atoms with Crippen LogP contribution < -0.4 is 4.90 Å². The number of likely N-dealkylation sites (tertiary alicyclic amines) is 1. The molecule has 4 rings (SSSR count). The molecular weight excluding hydrogens is 364 g/mol. The Bertz CT molecular complexity index is 852. The van der Waals surface area contributed by atoms with Crippen LogP contribution in [0.25, 0.3) is 0 Å². The van der Waals surface area contributed by atoms with Crippen LogP contribution in [0.1, 0.15) is 20.7 Å². The van der Waals surface area contributed by atoms with Gasteiger partial charge in [-0.2, -0.15) is 0 Å². The van der Waals surface area contributed by atoms with Gasteiger partial charge in [-0.1, -0.05) is 18.2 Å². The molecule has 0 atom stereocenters. The molecular formula is C23H28N4O2. The topological polar surface area (TPSA) is 47.1 Å². The van der Waals surface area contributed by atoms with Crippen molar-refractivity contribution in [2.45, 2.75) is 6.04 Å². The average Bonchev–Trinajstić information content (AvgIpc) is 2.73. The van der Waals surface area contributed by atoms with Gasteiger partial charge in [-0.3, -0.25) is 14.5 Å². The SMILES string of the molecule is CN(C)c1ccc(C(=O)N2CC(N3CCN(C(=O)c4ccccc4)CC3)C2)cc1. The number of anilines is 1. The van der Waals surface area contributed by atoms with Crippen molar-refractivity contribution in [3.8, 4) is 0 Å². The van der Waals surface area contributed by atoms with Crippen LogP contribution >= 0.6 is 0 Å². The van der Waals surface area contributed by atoms with Gasteiger partial charge >= 0.3 is 0 Å². The number of rotatable bonds is 4. The van der Waals surface area contributed by atoms with Crippen LogP contribution in [-0.2, 0) is 0 Å². The number of carbonyl (C=O) groups is 2. The van der Waals surface area contributed by atoms with Gasteiger partial charge < -0.3 is 14.7 Å². The molecule has 6 heteroatoms. The molecule has 0 spiro atoms. The zero-order valence-corrected chi connectivity index (χ0v) is 17.1. The fourth-order valence-electron chi connectivity index (χ4n) is 3.99. The molecule has 152 valence electrons. The normalized spacial score (nSPS) is 17.7. The zero-order valence-electron chi connectivity index (χ0n) is 17.1. The maximum absolute atomic E-state index is 12.7. The molecule has 2 heterocycles. The van der Waals surface area contributed by atoms with Crippen molar-refractivity contribution >= 4 is 17.5 Å². The molecule has 6 nitrogen and oxygen atoms in total. The summed E-state index contributed by atoms with van der Waals surface area (Å²) in [6.07, 6.45) is 0. The lowest BCUT2D eigenvalue weighted by molar-refractivity contribution is 0.00854. The fourth-order valence-corrected chi connectivity index (χ4v) is 3.99. The molecule has 2 amide bonds. The van der Waals surface area contributed by atoms with Gasteiger partial charge in [0.2, 0.25) is 0 Å². The number of piperazine rings is 1. The van der Waals surface area contributed by atoms with Crippen molar-refractivity contribution in [3.05, 3.63) is 65.7 Å². The Morgan fingerprint density at radius 1 is 0.759 bits per heavy atom. The standard InChI is InChI=1S/C23H28N4O2/c1-24(2)20-10-8-19(9-11-20)23(29)27-16-21(17-27)25-12-14-26(15-13-25)22(28)18-6-4-3-5-7-18/h3-11,21H,12-17H2,1-2H3. The molecule has 0 aromatic heterocycles. The van der Waals surface area contributed by atoms with E-state index in [0.29, 0.717) is 6.04 Å². The van der Waals surface area contributed by atoms with Gasteiger partial charge in [-0.05, 0) is 36.4 Å². The van der Waals surface area contributed by atoms with Crippen LogP contribution in [-0.4, -0.2) is 85.9 Å². The minimum Gasteiger partial charge on any atom is -0.378 e. The molecule has 29 heavy (non-hydrogen) atoms. The van der Waals surface area contributed by atoms with Crippen molar-refractivity contribution in [2.75, 3.05) is 58.3 Å². The predicted molar refractivity (Wildman–Crippen MR) is 114 cm³/mol. The maximum atomic E-state index is 12.7.